The van der Waals surface area contributed by atoms with E-state index < -0.39 is 0 Å². The zero-order valence-electron chi connectivity index (χ0n) is 15.8. The monoisotopic (exact) mass is 359 g/mol. The summed E-state index contributed by atoms with van der Waals surface area (Å²) < 4.78 is 13.1. The first kappa shape index (κ1) is 17.9. The molecule has 1 amide bonds. The van der Waals surface area contributed by atoms with Crippen LogP contribution in [0.5, 0.6) is 0 Å². The van der Waals surface area contributed by atoms with Gasteiger partial charge >= 0.3 is 0 Å². The standard InChI is InChI=1S/C21H30FN3O/c1-17-14-24(15-18-4-6-19(22)7-5-18)16-21(17)8-11-25(20(21)26)13-12-23-9-2-3-10-23/h4-7,17H,2-3,8-16H2,1H3/t17-,21?/m1/s1. The quantitative estimate of drug-likeness (QED) is 0.809. The van der Waals surface area contributed by atoms with Gasteiger partial charge in [-0.1, -0.05) is 19.1 Å². The number of carbonyl (C=O) groups excluding carboxylic acids is 1. The van der Waals surface area contributed by atoms with E-state index in [1.807, 2.05) is 12.1 Å². The van der Waals surface area contributed by atoms with Crippen LogP contribution in [-0.2, 0) is 11.3 Å². The molecule has 3 aliphatic rings. The van der Waals surface area contributed by atoms with Crippen LogP contribution < -0.4 is 0 Å². The first-order valence-electron chi connectivity index (χ1n) is 10.1. The largest absolute Gasteiger partial charge is 0.341 e. The molecule has 5 heteroatoms. The first-order chi connectivity index (χ1) is 12.6. The summed E-state index contributed by atoms with van der Waals surface area (Å²) in [6.45, 7) is 10.00. The number of amides is 1. The molecule has 1 aromatic rings. The van der Waals surface area contributed by atoms with Crippen LogP contribution in [0.2, 0.25) is 0 Å². The Morgan fingerprint density at radius 3 is 2.54 bits per heavy atom. The van der Waals surface area contributed by atoms with Crippen molar-refractivity contribution in [2.24, 2.45) is 11.3 Å². The van der Waals surface area contributed by atoms with Crippen molar-refractivity contribution in [3.63, 3.8) is 0 Å². The van der Waals surface area contributed by atoms with E-state index in [9.17, 15) is 9.18 Å². The average molecular weight is 359 g/mol. The van der Waals surface area contributed by atoms with Crippen molar-refractivity contribution in [3.8, 4) is 0 Å². The van der Waals surface area contributed by atoms with Crippen LogP contribution in [0.3, 0.4) is 0 Å². The summed E-state index contributed by atoms with van der Waals surface area (Å²) in [7, 11) is 0. The molecule has 0 N–H and O–H groups in total. The Bertz CT molecular complexity index is 643. The second-order valence-electron chi connectivity index (χ2n) is 8.44. The summed E-state index contributed by atoms with van der Waals surface area (Å²) in [5.41, 5.74) is 0.914. The van der Waals surface area contributed by atoms with Gasteiger partial charge in [0.05, 0.1) is 5.41 Å². The lowest BCUT2D eigenvalue weighted by molar-refractivity contribution is -0.137. The van der Waals surface area contributed by atoms with Gasteiger partial charge in [0.15, 0.2) is 0 Å². The lowest BCUT2D eigenvalue weighted by Gasteiger charge is -2.27. The second-order valence-corrected chi connectivity index (χ2v) is 8.44. The fraction of sp³-hybridized carbons (Fsp3) is 0.667. The van der Waals surface area contributed by atoms with Crippen LogP contribution >= 0.6 is 0 Å². The topological polar surface area (TPSA) is 26.8 Å². The normalized spacial score (nSPS) is 30.2. The summed E-state index contributed by atoms with van der Waals surface area (Å²) in [6, 6.07) is 6.74. The summed E-state index contributed by atoms with van der Waals surface area (Å²) in [4.78, 5) is 20.2. The molecule has 2 atom stereocenters. The number of hydrogen-bond donors (Lipinski definition) is 0. The van der Waals surface area contributed by atoms with Crippen molar-refractivity contribution in [2.45, 2.75) is 32.7 Å². The van der Waals surface area contributed by atoms with E-state index in [0.717, 1.165) is 51.3 Å². The smallest absolute Gasteiger partial charge is 0.230 e. The summed E-state index contributed by atoms with van der Waals surface area (Å²) >= 11 is 0. The Morgan fingerprint density at radius 2 is 1.81 bits per heavy atom. The molecule has 4 nitrogen and oxygen atoms in total. The minimum atomic E-state index is -0.203. The molecule has 1 unspecified atom stereocenters. The predicted octanol–water partition coefficient (Wildman–Crippen LogP) is 2.59. The Kier molecular flexibility index (Phi) is 5.02. The van der Waals surface area contributed by atoms with Crippen molar-refractivity contribution < 1.29 is 9.18 Å². The number of rotatable bonds is 5. The Hall–Kier alpha value is -1.46. The molecule has 1 aromatic carbocycles. The van der Waals surface area contributed by atoms with E-state index in [1.54, 1.807) is 0 Å². The van der Waals surface area contributed by atoms with Gasteiger partial charge in [-0.25, -0.2) is 4.39 Å². The zero-order chi connectivity index (χ0) is 18.1. The second kappa shape index (κ2) is 7.28. The molecule has 0 saturated carbocycles. The van der Waals surface area contributed by atoms with E-state index in [-0.39, 0.29) is 11.2 Å². The number of benzene rings is 1. The molecule has 3 aliphatic heterocycles. The molecule has 1 spiro atoms. The van der Waals surface area contributed by atoms with Crippen LogP contribution in [0.25, 0.3) is 0 Å². The highest BCUT2D eigenvalue weighted by atomic mass is 19.1. The highest BCUT2D eigenvalue weighted by molar-refractivity contribution is 5.86. The van der Waals surface area contributed by atoms with E-state index in [1.165, 1.54) is 38.1 Å². The third-order valence-electron chi connectivity index (χ3n) is 6.73. The van der Waals surface area contributed by atoms with Crippen molar-refractivity contribution in [1.82, 2.24) is 14.7 Å². The molecule has 26 heavy (non-hydrogen) atoms. The van der Waals surface area contributed by atoms with Gasteiger partial charge in [0.25, 0.3) is 0 Å². The molecule has 0 bridgehead atoms. The van der Waals surface area contributed by atoms with E-state index >= 15 is 0 Å². The molecule has 0 radical (unpaired) electrons. The van der Waals surface area contributed by atoms with Gasteiger partial charge in [0.1, 0.15) is 5.82 Å². The SMILES string of the molecule is C[C@@H]1CN(Cc2ccc(F)cc2)CC12CCN(CCN1CCCC1)C2=O. The maximum absolute atomic E-state index is 13.2. The fourth-order valence-electron chi connectivity index (χ4n) is 5.09. The van der Waals surface area contributed by atoms with Crippen molar-refractivity contribution in [1.29, 1.82) is 0 Å². The highest BCUT2D eigenvalue weighted by Gasteiger charge is 2.54. The van der Waals surface area contributed by atoms with Crippen LogP contribution in [0.15, 0.2) is 24.3 Å². The maximum Gasteiger partial charge on any atom is 0.230 e. The number of hydrogen-bond acceptors (Lipinski definition) is 3. The molecular formula is C21H30FN3O. The van der Waals surface area contributed by atoms with Crippen molar-refractivity contribution in [2.75, 3.05) is 45.8 Å². The van der Waals surface area contributed by atoms with Gasteiger partial charge in [-0.05, 0) is 56.0 Å². The van der Waals surface area contributed by atoms with Gasteiger partial charge in [-0.2, -0.15) is 0 Å². The third kappa shape index (κ3) is 3.39. The van der Waals surface area contributed by atoms with E-state index in [2.05, 4.69) is 21.6 Å². The number of carbonyl (C=O) groups is 1. The van der Waals surface area contributed by atoms with Crippen LogP contribution in [0.4, 0.5) is 4.39 Å². The Balaban J connectivity index is 1.36. The van der Waals surface area contributed by atoms with Gasteiger partial charge in [0.2, 0.25) is 5.91 Å². The van der Waals surface area contributed by atoms with Gasteiger partial charge in [-0.15, -0.1) is 0 Å². The predicted molar refractivity (Wildman–Crippen MR) is 100 cm³/mol. The molecule has 3 heterocycles. The number of halogens is 1. The Labute approximate surface area is 155 Å². The summed E-state index contributed by atoms with van der Waals surface area (Å²) in [6.07, 6.45) is 3.58. The number of likely N-dealkylation sites (tertiary alicyclic amines) is 3. The van der Waals surface area contributed by atoms with Crippen LogP contribution in [-0.4, -0.2) is 66.4 Å². The zero-order valence-corrected chi connectivity index (χ0v) is 15.8. The summed E-state index contributed by atoms with van der Waals surface area (Å²) in [5, 5.41) is 0. The van der Waals surface area contributed by atoms with Gasteiger partial charge in [0, 0.05) is 39.3 Å². The fourth-order valence-corrected chi connectivity index (χ4v) is 5.09. The maximum atomic E-state index is 13.2. The molecule has 0 aromatic heterocycles. The van der Waals surface area contributed by atoms with Crippen LogP contribution in [0.1, 0.15) is 31.7 Å². The first-order valence-corrected chi connectivity index (χ1v) is 10.1. The molecule has 3 fully saturated rings. The minimum absolute atomic E-state index is 0.195. The lowest BCUT2D eigenvalue weighted by Crippen LogP contribution is -2.42. The minimum Gasteiger partial charge on any atom is -0.341 e. The van der Waals surface area contributed by atoms with Crippen molar-refractivity contribution >= 4 is 5.91 Å². The molecule has 4 rings (SSSR count). The molecule has 142 valence electrons. The van der Waals surface area contributed by atoms with E-state index in [0.29, 0.717) is 11.8 Å². The average Bonchev–Trinajstić information content (AvgIpc) is 3.32. The van der Waals surface area contributed by atoms with Crippen LogP contribution in [0, 0.1) is 17.2 Å². The van der Waals surface area contributed by atoms with Crippen molar-refractivity contribution in [3.05, 3.63) is 35.6 Å². The molecular weight excluding hydrogens is 329 g/mol. The summed E-state index contributed by atoms with van der Waals surface area (Å²) in [5.74, 6) is 0.553. The molecule has 3 saturated heterocycles. The van der Waals surface area contributed by atoms with Gasteiger partial charge < -0.3 is 9.80 Å². The third-order valence-corrected chi connectivity index (χ3v) is 6.73. The number of nitrogens with zero attached hydrogens (tertiary/aromatic N) is 3. The lowest BCUT2D eigenvalue weighted by atomic mass is 9.78. The highest BCUT2D eigenvalue weighted by Crippen LogP contribution is 2.45. The van der Waals surface area contributed by atoms with E-state index in [4.69, 9.17) is 0 Å². The Morgan fingerprint density at radius 1 is 1.08 bits per heavy atom. The molecule has 0 aliphatic carbocycles. The van der Waals surface area contributed by atoms with Gasteiger partial charge in [-0.3, -0.25) is 9.69 Å².